The lowest BCUT2D eigenvalue weighted by molar-refractivity contribution is 0.248. The number of anilines is 2. The van der Waals surface area contributed by atoms with Gasteiger partial charge in [0.15, 0.2) is 22.9 Å². The van der Waals surface area contributed by atoms with E-state index >= 15 is 0 Å². The van der Waals surface area contributed by atoms with Crippen LogP contribution in [0.2, 0.25) is 0 Å². The van der Waals surface area contributed by atoms with Gasteiger partial charge in [-0.1, -0.05) is 11.3 Å². The number of benzene rings is 1. The van der Waals surface area contributed by atoms with Gasteiger partial charge < -0.3 is 19.8 Å². The normalized spacial score (nSPS) is 14.4. The van der Waals surface area contributed by atoms with Gasteiger partial charge in [0, 0.05) is 52.4 Å². The Morgan fingerprint density at radius 1 is 1.10 bits per heavy atom. The SMILES string of the molecule is Cn1cnc(COc2ccc(N3CCN(CCn4c(=O)sc5c4nc(N)n4nc(-c6ccco6)nc54)CC3)c(F)c2)n1. The number of hydrogen-bond acceptors (Lipinski definition) is 12. The number of halogens is 1. The average Bonchev–Trinajstić information content (AvgIpc) is 3.79. The molecule has 0 bridgehead atoms. The fourth-order valence-corrected chi connectivity index (χ4v) is 5.95. The molecule has 216 valence electrons. The molecule has 0 saturated carbocycles. The lowest BCUT2D eigenvalue weighted by atomic mass is 10.2. The summed E-state index contributed by atoms with van der Waals surface area (Å²) in [6.07, 6.45) is 3.13. The predicted octanol–water partition coefficient (Wildman–Crippen LogP) is 2.01. The number of nitrogen functional groups attached to an aromatic ring is 1. The topological polar surface area (TPSA) is 151 Å². The Kier molecular flexibility index (Phi) is 6.54. The van der Waals surface area contributed by atoms with Crippen LogP contribution < -0.4 is 20.2 Å². The van der Waals surface area contributed by atoms with Crippen LogP contribution >= 0.6 is 11.3 Å². The second kappa shape index (κ2) is 10.5. The highest BCUT2D eigenvalue weighted by atomic mass is 32.1. The summed E-state index contributed by atoms with van der Waals surface area (Å²) >= 11 is 1.07. The summed E-state index contributed by atoms with van der Waals surface area (Å²) in [5, 5.41) is 8.56. The van der Waals surface area contributed by atoms with Crippen LogP contribution in [0.1, 0.15) is 5.82 Å². The molecule has 2 N–H and O–H groups in total. The van der Waals surface area contributed by atoms with E-state index in [1.54, 1.807) is 53.2 Å². The van der Waals surface area contributed by atoms with E-state index in [4.69, 9.17) is 14.9 Å². The molecule has 0 atom stereocenters. The zero-order valence-corrected chi connectivity index (χ0v) is 23.4. The lowest BCUT2D eigenvalue weighted by Gasteiger charge is -2.36. The van der Waals surface area contributed by atoms with Crippen LogP contribution in [-0.2, 0) is 20.2 Å². The van der Waals surface area contributed by atoms with Crippen molar-refractivity contribution in [3.05, 3.63) is 64.2 Å². The third-order valence-corrected chi connectivity index (χ3v) is 8.11. The van der Waals surface area contributed by atoms with E-state index in [-0.39, 0.29) is 23.2 Å². The van der Waals surface area contributed by atoms with Crippen LogP contribution in [0.15, 0.2) is 52.1 Å². The minimum atomic E-state index is -0.343. The Hall–Kier alpha value is -4.83. The number of aryl methyl sites for hydroxylation is 1. The summed E-state index contributed by atoms with van der Waals surface area (Å²) in [7, 11) is 1.78. The molecule has 0 unspecified atom stereocenters. The summed E-state index contributed by atoms with van der Waals surface area (Å²) in [6.45, 7) is 3.97. The van der Waals surface area contributed by atoms with E-state index in [9.17, 15) is 9.18 Å². The summed E-state index contributed by atoms with van der Waals surface area (Å²) in [6, 6.07) is 8.38. The molecule has 0 spiro atoms. The highest BCUT2D eigenvalue weighted by molar-refractivity contribution is 7.17. The number of hydrogen-bond donors (Lipinski definition) is 1. The number of aromatic nitrogens is 8. The van der Waals surface area contributed by atoms with Gasteiger partial charge in [-0.2, -0.15) is 14.6 Å². The Bertz CT molecular complexity index is 1940. The third-order valence-electron chi connectivity index (χ3n) is 7.14. The average molecular weight is 592 g/mol. The van der Waals surface area contributed by atoms with Crippen molar-refractivity contribution >= 4 is 39.0 Å². The van der Waals surface area contributed by atoms with Crippen molar-refractivity contribution in [3.8, 4) is 17.3 Å². The predicted molar refractivity (Wildman–Crippen MR) is 153 cm³/mol. The molecule has 5 aromatic heterocycles. The molecule has 7 rings (SSSR count). The molecular formula is C26H26FN11O3S. The fourth-order valence-electron chi connectivity index (χ4n) is 5.02. The number of nitrogens with two attached hydrogens (primary N) is 1. The number of rotatable bonds is 8. The van der Waals surface area contributed by atoms with Crippen LogP contribution in [-0.4, -0.2) is 76.5 Å². The molecule has 0 radical (unpaired) electrons. The Labute approximate surface area is 241 Å². The number of thiazole rings is 1. The molecule has 6 heterocycles. The van der Waals surface area contributed by atoms with Crippen molar-refractivity contribution in [2.45, 2.75) is 13.2 Å². The number of ether oxygens (including phenoxy) is 1. The van der Waals surface area contributed by atoms with Gasteiger partial charge in [0.2, 0.25) is 11.8 Å². The first-order valence-electron chi connectivity index (χ1n) is 13.3. The van der Waals surface area contributed by atoms with Gasteiger partial charge in [0.1, 0.15) is 29.2 Å². The summed E-state index contributed by atoms with van der Waals surface area (Å²) in [5.41, 5.74) is 7.67. The summed E-state index contributed by atoms with van der Waals surface area (Å²) < 4.78 is 31.3. The van der Waals surface area contributed by atoms with Gasteiger partial charge in [-0.3, -0.25) is 18.9 Å². The highest BCUT2D eigenvalue weighted by Gasteiger charge is 2.22. The maximum atomic E-state index is 15.0. The van der Waals surface area contributed by atoms with E-state index in [1.807, 2.05) is 4.90 Å². The molecule has 1 fully saturated rings. The van der Waals surface area contributed by atoms with Crippen molar-refractivity contribution in [3.63, 3.8) is 0 Å². The van der Waals surface area contributed by atoms with Crippen LogP contribution in [0, 0.1) is 5.82 Å². The van der Waals surface area contributed by atoms with Crippen LogP contribution in [0.25, 0.3) is 27.6 Å². The Morgan fingerprint density at radius 3 is 2.69 bits per heavy atom. The van der Waals surface area contributed by atoms with Crippen molar-refractivity contribution in [2.24, 2.45) is 7.05 Å². The lowest BCUT2D eigenvalue weighted by Crippen LogP contribution is -2.47. The highest BCUT2D eigenvalue weighted by Crippen LogP contribution is 2.27. The second-order valence-electron chi connectivity index (χ2n) is 9.86. The summed E-state index contributed by atoms with van der Waals surface area (Å²) in [5.74, 6) is 1.61. The standard InChI is InChI=1S/C26H26FN11O3S/c1-34-15-29-20(32-34)14-41-16-4-5-18(17(27)13-16)36-9-6-35(7-10-36)8-11-37-23-21(42-26(37)39)24-30-22(19-3-2-12-40-19)33-38(24)25(28)31-23/h2-5,12-13,15H,6-11,14H2,1H3,(H2,28,31). The number of fused-ring (bicyclic) bond motifs is 3. The van der Waals surface area contributed by atoms with Crippen LogP contribution in [0.4, 0.5) is 16.0 Å². The molecule has 1 aliphatic rings. The quantitative estimate of drug-likeness (QED) is 0.277. The third kappa shape index (κ3) is 4.83. The fraction of sp³-hybridized carbons (Fsp3) is 0.308. The van der Waals surface area contributed by atoms with Gasteiger partial charge >= 0.3 is 4.87 Å². The van der Waals surface area contributed by atoms with Crippen molar-refractivity contribution < 1.29 is 13.5 Å². The summed E-state index contributed by atoms with van der Waals surface area (Å²) in [4.78, 5) is 30.2. The first kappa shape index (κ1) is 26.1. The molecule has 0 amide bonds. The molecule has 1 aromatic carbocycles. The monoisotopic (exact) mass is 591 g/mol. The molecule has 14 nitrogen and oxygen atoms in total. The van der Waals surface area contributed by atoms with Gasteiger partial charge in [-0.15, -0.1) is 5.10 Å². The second-order valence-corrected chi connectivity index (χ2v) is 10.8. The Morgan fingerprint density at radius 2 is 1.95 bits per heavy atom. The van der Waals surface area contributed by atoms with E-state index in [0.717, 1.165) is 24.4 Å². The molecule has 1 aliphatic heterocycles. The largest absolute Gasteiger partial charge is 0.485 e. The van der Waals surface area contributed by atoms with Crippen molar-refractivity contribution in [1.82, 2.24) is 43.8 Å². The van der Waals surface area contributed by atoms with Crippen LogP contribution in [0.5, 0.6) is 5.75 Å². The minimum absolute atomic E-state index is 0.134. The molecular weight excluding hydrogens is 565 g/mol. The molecule has 16 heteroatoms. The van der Waals surface area contributed by atoms with Gasteiger partial charge in [0.05, 0.1) is 12.0 Å². The minimum Gasteiger partial charge on any atom is -0.485 e. The molecule has 0 aliphatic carbocycles. The maximum Gasteiger partial charge on any atom is 0.309 e. The smallest absolute Gasteiger partial charge is 0.309 e. The Balaban J connectivity index is 0.999. The van der Waals surface area contributed by atoms with E-state index < -0.39 is 0 Å². The van der Waals surface area contributed by atoms with E-state index in [1.165, 1.54) is 10.6 Å². The molecule has 6 aromatic rings. The maximum absolute atomic E-state index is 15.0. The first-order chi connectivity index (χ1) is 20.4. The van der Waals surface area contributed by atoms with E-state index in [0.29, 0.717) is 71.0 Å². The van der Waals surface area contributed by atoms with Crippen LogP contribution in [0.3, 0.4) is 0 Å². The van der Waals surface area contributed by atoms with Crippen molar-refractivity contribution in [1.29, 1.82) is 0 Å². The number of piperazine rings is 1. The van der Waals surface area contributed by atoms with Gasteiger partial charge in [0.25, 0.3) is 0 Å². The van der Waals surface area contributed by atoms with Gasteiger partial charge in [-0.25, -0.2) is 14.4 Å². The van der Waals surface area contributed by atoms with Crippen molar-refractivity contribution in [2.75, 3.05) is 43.4 Å². The van der Waals surface area contributed by atoms with Gasteiger partial charge in [-0.05, 0) is 24.3 Å². The molecule has 42 heavy (non-hydrogen) atoms. The molecule has 1 saturated heterocycles. The zero-order valence-electron chi connectivity index (χ0n) is 22.6. The first-order valence-corrected chi connectivity index (χ1v) is 14.1. The number of furan rings is 1. The van der Waals surface area contributed by atoms with E-state index in [2.05, 4.69) is 30.0 Å². The number of nitrogens with zero attached hydrogens (tertiary/aromatic N) is 10. The zero-order chi connectivity index (χ0) is 28.8.